The van der Waals surface area contributed by atoms with Gasteiger partial charge in [0.05, 0.1) is 6.54 Å². The number of halogens is 1. The van der Waals surface area contributed by atoms with Crippen LogP contribution in [-0.4, -0.2) is 27.1 Å². The second-order valence-corrected chi connectivity index (χ2v) is 4.69. The van der Waals surface area contributed by atoms with Gasteiger partial charge in [0.15, 0.2) is 5.69 Å². The fourth-order valence-corrected chi connectivity index (χ4v) is 2.18. The average Bonchev–Trinajstić information content (AvgIpc) is 2.85. The van der Waals surface area contributed by atoms with Crippen molar-refractivity contribution in [2.45, 2.75) is 6.54 Å². The Morgan fingerprint density at radius 3 is 2.75 bits per heavy atom. The first-order valence-electron chi connectivity index (χ1n) is 5.42. The standard InChI is InChI=1S/C12H9FN2O4S/c13-6-2-1-3-8(16)10(6)11(17)14-4-9-15-7(5-20-9)12(18)19/h1-3,5,16H,4H2,(H,14,17)(H,18,19). The molecule has 2 rings (SSSR count). The van der Waals surface area contributed by atoms with Gasteiger partial charge >= 0.3 is 5.97 Å². The number of carbonyl (C=O) groups is 2. The number of hydrogen-bond acceptors (Lipinski definition) is 5. The first kappa shape index (κ1) is 13.9. The maximum atomic E-state index is 13.4. The molecule has 0 bridgehead atoms. The molecule has 20 heavy (non-hydrogen) atoms. The predicted molar refractivity (Wildman–Crippen MR) is 68.3 cm³/mol. The quantitative estimate of drug-likeness (QED) is 0.796. The Morgan fingerprint density at radius 2 is 2.15 bits per heavy atom. The lowest BCUT2D eigenvalue weighted by Gasteiger charge is -2.06. The van der Waals surface area contributed by atoms with Gasteiger partial charge in [0.25, 0.3) is 5.91 Å². The van der Waals surface area contributed by atoms with Crippen LogP contribution in [-0.2, 0) is 6.54 Å². The maximum Gasteiger partial charge on any atom is 0.355 e. The smallest absolute Gasteiger partial charge is 0.355 e. The summed E-state index contributed by atoms with van der Waals surface area (Å²) in [4.78, 5) is 26.2. The molecular formula is C12H9FN2O4S. The number of aromatic nitrogens is 1. The third kappa shape index (κ3) is 2.91. The van der Waals surface area contributed by atoms with Crippen molar-refractivity contribution in [3.05, 3.63) is 45.7 Å². The summed E-state index contributed by atoms with van der Waals surface area (Å²) in [5.41, 5.74) is -0.574. The van der Waals surface area contributed by atoms with Gasteiger partial charge in [0.2, 0.25) is 0 Å². The Hall–Kier alpha value is -2.48. The summed E-state index contributed by atoms with van der Waals surface area (Å²) in [6.07, 6.45) is 0. The number of hydrogen-bond donors (Lipinski definition) is 3. The first-order valence-corrected chi connectivity index (χ1v) is 6.30. The van der Waals surface area contributed by atoms with E-state index in [9.17, 15) is 19.1 Å². The van der Waals surface area contributed by atoms with Gasteiger partial charge in [-0.25, -0.2) is 14.2 Å². The maximum absolute atomic E-state index is 13.4. The number of carbonyl (C=O) groups excluding carboxylic acids is 1. The lowest BCUT2D eigenvalue weighted by Crippen LogP contribution is -2.24. The van der Waals surface area contributed by atoms with Crippen LogP contribution in [0.4, 0.5) is 4.39 Å². The van der Waals surface area contributed by atoms with Gasteiger partial charge in [-0.3, -0.25) is 4.79 Å². The van der Waals surface area contributed by atoms with Crippen molar-refractivity contribution < 1.29 is 24.2 Å². The van der Waals surface area contributed by atoms with Crippen molar-refractivity contribution in [1.82, 2.24) is 10.3 Å². The highest BCUT2D eigenvalue weighted by Gasteiger charge is 2.17. The SMILES string of the molecule is O=C(O)c1csc(CNC(=O)c2c(O)cccc2F)n1. The molecule has 0 saturated carbocycles. The average molecular weight is 296 g/mol. The van der Waals surface area contributed by atoms with E-state index in [2.05, 4.69) is 10.3 Å². The third-order valence-corrected chi connectivity index (χ3v) is 3.24. The lowest BCUT2D eigenvalue weighted by molar-refractivity contribution is 0.0691. The van der Waals surface area contributed by atoms with Crippen LogP contribution < -0.4 is 5.32 Å². The van der Waals surface area contributed by atoms with Gasteiger partial charge in [0, 0.05) is 5.38 Å². The van der Waals surface area contributed by atoms with Crippen LogP contribution >= 0.6 is 11.3 Å². The minimum Gasteiger partial charge on any atom is -0.507 e. The number of thiazole rings is 1. The van der Waals surface area contributed by atoms with E-state index < -0.39 is 29.0 Å². The van der Waals surface area contributed by atoms with Gasteiger partial charge in [0.1, 0.15) is 22.1 Å². The Morgan fingerprint density at radius 1 is 1.40 bits per heavy atom. The first-order chi connectivity index (χ1) is 9.49. The summed E-state index contributed by atoms with van der Waals surface area (Å²) in [6.45, 7) is -0.0510. The van der Waals surface area contributed by atoms with E-state index in [0.29, 0.717) is 5.01 Å². The lowest BCUT2D eigenvalue weighted by atomic mass is 10.2. The second kappa shape index (κ2) is 5.66. The van der Waals surface area contributed by atoms with E-state index in [1.807, 2.05) is 0 Å². The topological polar surface area (TPSA) is 99.5 Å². The summed E-state index contributed by atoms with van der Waals surface area (Å²) in [5.74, 6) is -3.26. The van der Waals surface area contributed by atoms with E-state index in [-0.39, 0.29) is 12.2 Å². The molecule has 0 fully saturated rings. The summed E-state index contributed by atoms with van der Waals surface area (Å²) < 4.78 is 13.4. The van der Waals surface area contributed by atoms with Crippen molar-refractivity contribution in [1.29, 1.82) is 0 Å². The molecule has 1 amide bonds. The Balaban J connectivity index is 2.07. The van der Waals surface area contributed by atoms with Crippen molar-refractivity contribution in [2.24, 2.45) is 0 Å². The molecule has 3 N–H and O–H groups in total. The molecule has 0 saturated heterocycles. The number of nitrogens with one attached hydrogen (secondary N) is 1. The minimum atomic E-state index is -1.16. The number of benzene rings is 1. The van der Waals surface area contributed by atoms with Crippen LogP contribution in [0.25, 0.3) is 0 Å². The van der Waals surface area contributed by atoms with Crippen LogP contribution in [0.2, 0.25) is 0 Å². The van der Waals surface area contributed by atoms with Gasteiger partial charge in [-0.2, -0.15) is 0 Å². The van der Waals surface area contributed by atoms with Crippen molar-refractivity contribution >= 4 is 23.2 Å². The second-order valence-electron chi connectivity index (χ2n) is 3.75. The molecule has 104 valence electrons. The number of rotatable bonds is 4. The Labute approximate surface area is 116 Å². The number of amides is 1. The number of phenolic OH excluding ortho intramolecular Hbond substituents is 1. The van der Waals surface area contributed by atoms with E-state index in [1.165, 1.54) is 17.5 Å². The molecule has 0 aliphatic heterocycles. The van der Waals surface area contributed by atoms with Gasteiger partial charge in [-0.15, -0.1) is 11.3 Å². The van der Waals surface area contributed by atoms with Crippen LogP contribution in [0.15, 0.2) is 23.6 Å². The van der Waals surface area contributed by atoms with Gasteiger partial charge < -0.3 is 15.5 Å². The molecular weight excluding hydrogens is 287 g/mol. The highest BCUT2D eigenvalue weighted by atomic mass is 32.1. The monoisotopic (exact) mass is 296 g/mol. The summed E-state index contributed by atoms with van der Waals surface area (Å²) in [5, 5.41) is 22.2. The molecule has 6 nitrogen and oxygen atoms in total. The van der Waals surface area contributed by atoms with E-state index in [4.69, 9.17) is 5.11 Å². The van der Waals surface area contributed by atoms with Gasteiger partial charge in [-0.05, 0) is 12.1 Å². The van der Waals surface area contributed by atoms with E-state index in [1.54, 1.807) is 0 Å². The van der Waals surface area contributed by atoms with E-state index >= 15 is 0 Å². The zero-order valence-corrected chi connectivity index (χ0v) is 10.8. The Kier molecular flexibility index (Phi) is 3.94. The molecule has 0 spiro atoms. The van der Waals surface area contributed by atoms with Gasteiger partial charge in [-0.1, -0.05) is 6.07 Å². The molecule has 1 aromatic heterocycles. The molecule has 1 heterocycles. The molecule has 2 aromatic rings. The molecule has 0 radical (unpaired) electrons. The van der Waals surface area contributed by atoms with Crippen molar-refractivity contribution in [2.75, 3.05) is 0 Å². The molecule has 0 aliphatic rings. The summed E-state index contributed by atoms with van der Waals surface area (Å²) in [6, 6.07) is 3.53. The van der Waals surface area contributed by atoms with Crippen molar-refractivity contribution in [3.8, 4) is 5.75 Å². The number of aromatic hydroxyl groups is 1. The molecule has 0 atom stereocenters. The summed E-state index contributed by atoms with van der Waals surface area (Å²) in [7, 11) is 0. The fourth-order valence-electron chi connectivity index (χ4n) is 1.47. The minimum absolute atomic E-state index is 0.0510. The largest absolute Gasteiger partial charge is 0.507 e. The number of carboxylic acid groups (broad SMARTS) is 1. The highest BCUT2D eigenvalue weighted by molar-refractivity contribution is 7.09. The number of aromatic carboxylic acids is 1. The fraction of sp³-hybridized carbons (Fsp3) is 0.0833. The summed E-state index contributed by atoms with van der Waals surface area (Å²) >= 11 is 1.06. The highest BCUT2D eigenvalue weighted by Crippen LogP contribution is 2.19. The molecule has 1 aromatic carbocycles. The normalized spacial score (nSPS) is 10.2. The zero-order chi connectivity index (χ0) is 14.7. The van der Waals surface area contributed by atoms with Crippen LogP contribution in [0.1, 0.15) is 25.9 Å². The van der Waals surface area contributed by atoms with Crippen molar-refractivity contribution in [3.63, 3.8) is 0 Å². The number of phenols is 1. The zero-order valence-electron chi connectivity index (χ0n) is 9.96. The Bertz CT molecular complexity index is 651. The van der Waals surface area contributed by atoms with Crippen LogP contribution in [0.5, 0.6) is 5.75 Å². The number of nitrogens with zero attached hydrogens (tertiary/aromatic N) is 1. The van der Waals surface area contributed by atoms with Crippen LogP contribution in [0.3, 0.4) is 0 Å². The van der Waals surface area contributed by atoms with Crippen LogP contribution in [0, 0.1) is 5.82 Å². The molecule has 8 heteroatoms. The number of carboxylic acids is 1. The molecule has 0 unspecified atom stereocenters. The van der Waals surface area contributed by atoms with E-state index in [0.717, 1.165) is 17.4 Å². The molecule has 0 aliphatic carbocycles. The predicted octanol–water partition coefficient (Wildman–Crippen LogP) is 1.62. The third-order valence-electron chi connectivity index (χ3n) is 2.39.